The highest BCUT2D eigenvalue weighted by atomic mass is 16.5. The topological polar surface area (TPSA) is 63.5 Å². The fourth-order valence-corrected chi connectivity index (χ4v) is 5.70. The first kappa shape index (κ1) is 23.8. The summed E-state index contributed by atoms with van der Waals surface area (Å²) >= 11 is 0. The second-order valence-corrected chi connectivity index (χ2v) is 9.99. The summed E-state index contributed by atoms with van der Waals surface area (Å²) in [5.41, 5.74) is 3.19. The van der Waals surface area contributed by atoms with Crippen LogP contribution in [0.15, 0.2) is 42.6 Å². The molecular weight excluding hydrogens is 438 g/mol. The lowest BCUT2D eigenvalue weighted by Crippen LogP contribution is -2.49. The molecule has 0 N–H and O–H groups in total. The Bertz CT molecular complexity index is 1130. The molecule has 2 aliphatic rings. The number of aromatic nitrogens is 3. The number of piperidine rings is 1. The molecule has 1 aromatic carbocycles. The van der Waals surface area contributed by atoms with Gasteiger partial charge in [-0.1, -0.05) is 25.0 Å². The van der Waals surface area contributed by atoms with Crippen LogP contribution in [-0.2, 0) is 17.6 Å². The maximum Gasteiger partial charge on any atom is 0.239 e. The van der Waals surface area contributed by atoms with Gasteiger partial charge in [-0.25, -0.2) is 9.97 Å². The van der Waals surface area contributed by atoms with Gasteiger partial charge in [-0.3, -0.25) is 9.69 Å². The second kappa shape index (κ2) is 10.8. The van der Waals surface area contributed by atoms with Crippen LogP contribution in [0.1, 0.15) is 56.0 Å². The zero-order chi connectivity index (χ0) is 24.2. The molecule has 2 saturated heterocycles. The van der Waals surface area contributed by atoms with Crippen LogP contribution in [0.3, 0.4) is 0 Å². The van der Waals surface area contributed by atoms with E-state index in [0.717, 1.165) is 80.9 Å². The van der Waals surface area contributed by atoms with Gasteiger partial charge in [0.25, 0.3) is 0 Å². The normalized spacial score (nSPS) is 20.2. The second-order valence-electron chi connectivity index (χ2n) is 9.99. The molecule has 2 aromatic heterocycles. The zero-order valence-corrected chi connectivity index (χ0v) is 21.0. The minimum atomic E-state index is 0.0462. The molecule has 1 amide bonds. The Hall–Kier alpha value is -2.93. The Morgan fingerprint density at radius 2 is 1.80 bits per heavy atom. The summed E-state index contributed by atoms with van der Waals surface area (Å²) in [6.45, 7) is 2.63. The van der Waals surface area contributed by atoms with Crippen LogP contribution in [0.4, 0.5) is 0 Å². The number of benzene rings is 1. The van der Waals surface area contributed by atoms with Crippen LogP contribution in [0.25, 0.3) is 11.2 Å². The molecule has 7 nitrogen and oxygen atoms in total. The van der Waals surface area contributed by atoms with Crippen LogP contribution < -0.4 is 4.74 Å². The van der Waals surface area contributed by atoms with Crippen LogP contribution in [-0.4, -0.2) is 70.1 Å². The predicted molar refractivity (Wildman–Crippen MR) is 138 cm³/mol. The first-order valence-electron chi connectivity index (χ1n) is 13.1. The van der Waals surface area contributed by atoms with Crippen LogP contribution in [0.2, 0.25) is 0 Å². The van der Waals surface area contributed by atoms with E-state index in [2.05, 4.69) is 39.6 Å². The fraction of sp³-hybridized carbons (Fsp3) is 0.536. The molecule has 4 heterocycles. The highest BCUT2D eigenvalue weighted by Crippen LogP contribution is 2.30. The van der Waals surface area contributed by atoms with Gasteiger partial charge >= 0.3 is 0 Å². The van der Waals surface area contributed by atoms with Crippen molar-refractivity contribution < 1.29 is 9.53 Å². The average Bonchev–Trinajstić information content (AvgIpc) is 3.13. The number of pyridine rings is 1. The first-order chi connectivity index (χ1) is 17.1. The van der Waals surface area contributed by atoms with E-state index in [9.17, 15) is 4.79 Å². The summed E-state index contributed by atoms with van der Waals surface area (Å²) in [6.07, 6.45) is 10.1. The molecule has 186 valence electrons. The fourth-order valence-electron chi connectivity index (χ4n) is 5.70. The summed E-state index contributed by atoms with van der Waals surface area (Å²) in [7, 11) is 3.80. The number of carbonyl (C=O) groups excluding carboxylic acids is 1. The highest BCUT2D eigenvalue weighted by Gasteiger charge is 2.32. The molecule has 1 atom stereocenters. The van der Waals surface area contributed by atoms with E-state index in [1.54, 1.807) is 7.11 Å². The predicted octanol–water partition coefficient (Wildman–Crippen LogP) is 4.26. The van der Waals surface area contributed by atoms with Gasteiger partial charge in [0.1, 0.15) is 17.1 Å². The number of aryl methyl sites for hydroxylation is 2. The van der Waals surface area contributed by atoms with Crippen LogP contribution in [0.5, 0.6) is 5.75 Å². The number of amides is 1. The van der Waals surface area contributed by atoms with Gasteiger partial charge in [-0.15, -0.1) is 0 Å². The van der Waals surface area contributed by atoms with Gasteiger partial charge < -0.3 is 14.2 Å². The van der Waals surface area contributed by atoms with Crippen molar-refractivity contribution in [1.29, 1.82) is 0 Å². The van der Waals surface area contributed by atoms with E-state index in [-0.39, 0.29) is 6.04 Å². The van der Waals surface area contributed by atoms with Crippen LogP contribution >= 0.6 is 0 Å². The molecule has 0 saturated carbocycles. The van der Waals surface area contributed by atoms with Crippen molar-refractivity contribution in [3.05, 3.63) is 54.0 Å². The molecule has 0 aliphatic carbocycles. The summed E-state index contributed by atoms with van der Waals surface area (Å²) in [5, 5.41) is 0. The molecule has 3 aromatic rings. The zero-order valence-electron chi connectivity index (χ0n) is 21.0. The van der Waals surface area contributed by atoms with Crippen molar-refractivity contribution in [2.24, 2.45) is 0 Å². The number of methoxy groups -OCH3 is 1. The largest absolute Gasteiger partial charge is 0.497 e. The summed E-state index contributed by atoms with van der Waals surface area (Å²) in [6, 6.07) is 12.6. The number of hydrogen-bond acceptors (Lipinski definition) is 5. The quantitative estimate of drug-likeness (QED) is 0.533. The Labute approximate surface area is 208 Å². The Morgan fingerprint density at radius 3 is 2.57 bits per heavy atom. The Balaban J connectivity index is 1.30. The molecule has 7 heteroatoms. The number of nitrogens with zero attached hydrogens (tertiary/aromatic N) is 5. The number of likely N-dealkylation sites (tertiary alicyclic amines) is 2. The van der Waals surface area contributed by atoms with Crippen molar-refractivity contribution in [1.82, 2.24) is 24.3 Å². The highest BCUT2D eigenvalue weighted by molar-refractivity contribution is 5.82. The number of rotatable bonds is 6. The van der Waals surface area contributed by atoms with E-state index in [1.807, 2.05) is 24.4 Å². The smallest absolute Gasteiger partial charge is 0.239 e. The van der Waals surface area contributed by atoms with E-state index in [0.29, 0.717) is 11.9 Å². The molecule has 35 heavy (non-hydrogen) atoms. The first-order valence-corrected chi connectivity index (χ1v) is 13.1. The number of carbonyl (C=O) groups is 1. The third kappa shape index (κ3) is 5.20. The molecule has 0 bridgehead atoms. The maximum absolute atomic E-state index is 13.3. The SMILES string of the molecule is COc1ccc(CCc2nc3cccnc3n2C2CCN(C(=O)[C@H]3CCCCCN3C)CC2)cc1. The number of ether oxygens (including phenoxy) is 1. The third-order valence-electron chi connectivity index (χ3n) is 7.76. The average molecular weight is 476 g/mol. The molecule has 2 aliphatic heterocycles. The van der Waals surface area contributed by atoms with Crippen molar-refractivity contribution in [2.75, 3.05) is 33.8 Å². The summed E-state index contributed by atoms with van der Waals surface area (Å²) in [4.78, 5) is 27.4. The van der Waals surface area contributed by atoms with E-state index < -0.39 is 0 Å². The number of hydrogen-bond donors (Lipinski definition) is 0. The van der Waals surface area contributed by atoms with Crippen molar-refractivity contribution in [3.8, 4) is 5.75 Å². The minimum absolute atomic E-state index is 0.0462. The molecule has 5 rings (SSSR count). The van der Waals surface area contributed by atoms with E-state index in [1.165, 1.54) is 18.4 Å². The minimum Gasteiger partial charge on any atom is -0.497 e. The number of imidazole rings is 1. The van der Waals surface area contributed by atoms with Gasteiger partial charge in [-0.2, -0.15) is 0 Å². The molecule has 2 fully saturated rings. The monoisotopic (exact) mass is 475 g/mol. The molecule has 0 spiro atoms. The summed E-state index contributed by atoms with van der Waals surface area (Å²) in [5.74, 6) is 2.28. The van der Waals surface area contributed by atoms with Crippen molar-refractivity contribution in [2.45, 2.75) is 63.5 Å². The standard InChI is InChI=1S/C28H37N5O2/c1-31-18-5-3-4-8-25(31)28(34)32-19-15-22(16-20-32)33-26(30-24-7-6-17-29-27(24)33)14-11-21-9-12-23(35-2)13-10-21/h6-7,9-10,12-13,17,22,25H,3-5,8,11,14-16,18-20H2,1-2H3/t25-/m1/s1. The van der Waals surface area contributed by atoms with Gasteiger partial charge in [-0.05, 0) is 75.5 Å². The van der Waals surface area contributed by atoms with Gasteiger partial charge in [0.2, 0.25) is 5.91 Å². The number of fused-ring (bicyclic) bond motifs is 1. The Morgan fingerprint density at radius 1 is 1.00 bits per heavy atom. The lowest BCUT2D eigenvalue weighted by Gasteiger charge is -2.37. The van der Waals surface area contributed by atoms with Crippen molar-refractivity contribution >= 4 is 17.1 Å². The van der Waals surface area contributed by atoms with Gasteiger partial charge in [0.05, 0.1) is 13.2 Å². The Kier molecular flexibility index (Phi) is 7.32. The van der Waals surface area contributed by atoms with E-state index in [4.69, 9.17) is 14.7 Å². The lowest BCUT2D eigenvalue weighted by atomic mass is 10.0. The molecule has 0 unspecified atom stereocenters. The lowest BCUT2D eigenvalue weighted by molar-refractivity contribution is -0.138. The van der Waals surface area contributed by atoms with Gasteiger partial charge in [0, 0.05) is 31.7 Å². The molecule has 0 radical (unpaired) electrons. The third-order valence-corrected chi connectivity index (χ3v) is 7.76. The maximum atomic E-state index is 13.3. The molecular formula is C28H37N5O2. The van der Waals surface area contributed by atoms with Crippen LogP contribution in [0, 0.1) is 0 Å². The number of likely N-dealkylation sites (N-methyl/N-ethyl adjacent to an activating group) is 1. The van der Waals surface area contributed by atoms with E-state index >= 15 is 0 Å². The van der Waals surface area contributed by atoms with Crippen molar-refractivity contribution in [3.63, 3.8) is 0 Å². The summed E-state index contributed by atoms with van der Waals surface area (Å²) < 4.78 is 7.65. The van der Waals surface area contributed by atoms with Gasteiger partial charge in [0.15, 0.2) is 5.65 Å².